The lowest BCUT2D eigenvalue weighted by molar-refractivity contribution is 0.0947. The molecule has 168 valence electrons. The monoisotopic (exact) mass is 464 g/mol. The van der Waals surface area contributed by atoms with Crippen LogP contribution in [-0.2, 0) is 6.42 Å². The first-order valence-electron chi connectivity index (χ1n) is 10.5. The molecule has 0 fully saturated rings. The molecule has 1 aliphatic rings. The van der Waals surface area contributed by atoms with E-state index in [9.17, 15) is 4.79 Å². The normalized spacial score (nSPS) is 12.9. The Kier molecular flexibility index (Phi) is 5.47. The van der Waals surface area contributed by atoms with Crippen molar-refractivity contribution in [3.63, 3.8) is 0 Å². The van der Waals surface area contributed by atoms with Crippen LogP contribution in [0.4, 0.5) is 11.4 Å². The quantitative estimate of drug-likeness (QED) is 0.393. The van der Waals surface area contributed by atoms with Crippen molar-refractivity contribution in [1.29, 1.82) is 0 Å². The Balaban J connectivity index is 1.74. The number of anilines is 2. The largest absolute Gasteiger partial charge is 0.493 e. The molecule has 1 amide bonds. The SMILES string of the molecule is CCOc1ncc2nccc(-c3[nH]c4c(c3Nc3cccc(Cl)c3OC)C(=O)NCC4)c2n1. The van der Waals surface area contributed by atoms with E-state index < -0.39 is 0 Å². The van der Waals surface area contributed by atoms with Crippen molar-refractivity contribution in [2.24, 2.45) is 0 Å². The number of para-hydroxylation sites is 1. The maximum atomic E-state index is 12.9. The van der Waals surface area contributed by atoms with Crippen LogP contribution >= 0.6 is 11.6 Å². The number of rotatable bonds is 6. The van der Waals surface area contributed by atoms with Gasteiger partial charge in [0.25, 0.3) is 5.91 Å². The van der Waals surface area contributed by atoms with Gasteiger partial charge in [0.15, 0.2) is 5.75 Å². The Hall–Kier alpha value is -3.85. The van der Waals surface area contributed by atoms with Gasteiger partial charge < -0.3 is 25.1 Å². The summed E-state index contributed by atoms with van der Waals surface area (Å²) in [6.45, 7) is 2.87. The van der Waals surface area contributed by atoms with E-state index in [1.807, 2.05) is 25.1 Å². The minimum Gasteiger partial charge on any atom is -0.493 e. The fourth-order valence-corrected chi connectivity index (χ4v) is 4.23. The molecule has 9 nitrogen and oxygen atoms in total. The minimum absolute atomic E-state index is 0.162. The van der Waals surface area contributed by atoms with Crippen LogP contribution in [0, 0.1) is 0 Å². The lowest BCUT2D eigenvalue weighted by Gasteiger charge is -2.17. The molecule has 1 aromatic carbocycles. The second kappa shape index (κ2) is 8.59. The van der Waals surface area contributed by atoms with E-state index in [2.05, 4.69) is 30.6 Å². The molecule has 0 unspecified atom stereocenters. The predicted molar refractivity (Wildman–Crippen MR) is 126 cm³/mol. The molecule has 5 rings (SSSR count). The zero-order valence-electron chi connectivity index (χ0n) is 18.0. The first-order chi connectivity index (χ1) is 16.1. The molecule has 4 aromatic rings. The molecule has 0 atom stereocenters. The van der Waals surface area contributed by atoms with Gasteiger partial charge in [-0.2, -0.15) is 4.98 Å². The van der Waals surface area contributed by atoms with Crippen molar-refractivity contribution >= 4 is 39.9 Å². The molecule has 0 saturated heterocycles. The molecule has 0 bridgehead atoms. The van der Waals surface area contributed by atoms with Gasteiger partial charge in [0.2, 0.25) is 0 Å². The maximum absolute atomic E-state index is 12.9. The molecule has 3 N–H and O–H groups in total. The minimum atomic E-state index is -0.162. The van der Waals surface area contributed by atoms with Crippen molar-refractivity contribution in [2.75, 3.05) is 25.6 Å². The summed E-state index contributed by atoms with van der Waals surface area (Å²) in [5.74, 6) is 0.321. The van der Waals surface area contributed by atoms with Crippen LogP contribution in [0.5, 0.6) is 11.8 Å². The summed E-state index contributed by atoms with van der Waals surface area (Å²) in [5.41, 5.74) is 5.29. The van der Waals surface area contributed by atoms with Crippen LogP contribution in [0.3, 0.4) is 0 Å². The van der Waals surface area contributed by atoms with E-state index in [4.69, 9.17) is 21.1 Å². The van der Waals surface area contributed by atoms with Crippen molar-refractivity contribution in [3.8, 4) is 23.0 Å². The van der Waals surface area contributed by atoms with Gasteiger partial charge in [0.05, 0.1) is 47.6 Å². The number of nitrogens with zero attached hydrogens (tertiary/aromatic N) is 3. The Morgan fingerprint density at radius 1 is 1.24 bits per heavy atom. The Labute approximate surface area is 194 Å². The fraction of sp³-hybridized carbons (Fsp3) is 0.217. The number of carbonyl (C=O) groups excluding carboxylic acids is 1. The number of hydrogen-bond acceptors (Lipinski definition) is 7. The smallest absolute Gasteiger partial charge is 0.317 e. The van der Waals surface area contributed by atoms with E-state index >= 15 is 0 Å². The van der Waals surface area contributed by atoms with E-state index in [1.165, 1.54) is 0 Å². The molecule has 4 heterocycles. The van der Waals surface area contributed by atoms with Crippen LogP contribution in [0.15, 0.2) is 36.7 Å². The number of aromatic amines is 1. The zero-order chi connectivity index (χ0) is 22.9. The fourth-order valence-electron chi connectivity index (χ4n) is 3.98. The third-order valence-electron chi connectivity index (χ3n) is 5.40. The van der Waals surface area contributed by atoms with Gasteiger partial charge in [-0.05, 0) is 25.1 Å². The highest BCUT2D eigenvalue weighted by Gasteiger charge is 2.28. The van der Waals surface area contributed by atoms with Crippen LogP contribution in [-0.4, -0.2) is 46.1 Å². The van der Waals surface area contributed by atoms with E-state index in [1.54, 1.807) is 25.6 Å². The average Bonchev–Trinajstić information content (AvgIpc) is 3.18. The van der Waals surface area contributed by atoms with E-state index in [-0.39, 0.29) is 11.9 Å². The summed E-state index contributed by atoms with van der Waals surface area (Å²) in [5, 5.41) is 6.76. The van der Waals surface area contributed by atoms with Gasteiger partial charge in [0.1, 0.15) is 11.0 Å². The Bertz CT molecular complexity index is 1370. The summed E-state index contributed by atoms with van der Waals surface area (Å²) in [4.78, 5) is 29.5. The van der Waals surface area contributed by atoms with Crippen LogP contribution in [0.25, 0.3) is 22.3 Å². The second-order valence-electron chi connectivity index (χ2n) is 7.36. The van der Waals surface area contributed by atoms with E-state index in [0.717, 1.165) is 11.3 Å². The number of nitrogens with one attached hydrogen (secondary N) is 3. The second-order valence-corrected chi connectivity index (χ2v) is 7.77. The molecule has 3 aromatic heterocycles. The number of methoxy groups -OCH3 is 1. The number of H-pyrrole nitrogens is 1. The van der Waals surface area contributed by atoms with Crippen LogP contribution in [0.2, 0.25) is 5.02 Å². The molecule has 33 heavy (non-hydrogen) atoms. The lowest BCUT2D eigenvalue weighted by Crippen LogP contribution is -2.31. The Morgan fingerprint density at radius 2 is 2.12 bits per heavy atom. The topological polar surface area (TPSA) is 114 Å². The molecule has 0 saturated carbocycles. The number of pyridine rings is 1. The summed E-state index contributed by atoms with van der Waals surface area (Å²) in [6, 6.07) is 7.51. The van der Waals surface area contributed by atoms with E-state index in [0.29, 0.717) is 64.0 Å². The van der Waals surface area contributed by atoms with Gasteiger partial charge in [-0.15, -0.1) is 0 Å². The zero-order valence-corrected chi connectivity index (χ0v) is 18.8. The predicted octanol–water partition coefficient (Wildman–Crippen LogP) is 4.11. The summed E-state index contributed by atoms with van der Waals surface area (Å²) >= 11 is 6.33. The lowest BCUT2D eigenvalue weighted by atomic mass is 10.0. The average molecular weight is 465 g/mol. The number of benzene rings is 1. The number of ether oxygens (including phenoxy) is 2. The molecular weight excluding hydrogens is 444 g/mol. The van der Waals surface area contributed by atoms with Crippen LogP contribution < -0.4 is 20.1 Å². The number of halogens is 1. The molecule has 0 spiro atoms. The number of fused-ring (bicyclic) bond motifs is 2. The van der Waals surface area contributed by atoms with Gasteiger partial charge in [-0.25, -0.2) is 4.98 Å². The summed E-state index contributed by atoms with van der Waals surface area (Å²) in [7, 11) is 1.55. The molecular formula is C23H21ClN6O3. The van der Waals surface area contributed by atoms with Crippen molar-refractivity contribution in [3.05, 3.63) is 52.9 Å². The molecule has 0 aliphatic carbocycles. The molecule has 0 radical (unpaired) electrons. The highest BCUT2D eigenvalue weighted by atomic mass is 35.5. The standard InChI is InChI=1S/C23H21ClN6O3/c1-3-33-23-27-11-16-18(30-23)12(7-9-25-16)19-20(17-14(28-19)8-10-26-22(17)31)29-15-6-4-5-13(24)21(15)32-2/h4-7,9,11,28-29H,3,8,10H2,1-2H3,(H,26,31). The van der Waals surface area contributed by atoms with Crippen LogP contribution in [0.1, 0.15) is 23.0 Å². The number of carbonyl (C=O) groups is 1. The third-order valence-corrected chi connectivity index (χ3v) is 5.69. The molecule has 10 heteroatoms. The third kappa shape index (κ3) is 3.70. The number of hydrogen-bond donors (Lipinski definition) is 3. The Morgan fingerprint density at radius 3 is 2.94 bits per heavy atom. The van der Waals surface area contributed by atoms with Gasteiger partial charge in [0, 0.05) is 30.4 Å². The molecule has 1 aliphatic heterocycles. The maximum Gasteiger partial charge on any atom is 0.317 e. The summed E-state index contributed by atoms with van der Waals surface area (Å²) in [6.07, 6.45) is 3.98. The first kappa shape index (κ1) is 21.0. The number of aromatic nitrogens is 4. The highest BCUT2D eigenvalue weighted by Crippen LogP contribution is 2.42. The van der Waals surface area contributed by atoms with Crippen molar-refractivity contribution < 1.29 is 14.3 Å². The van der Waals surface area contributed by atoms with Gasteiger partial charge in [-0.3, -0.25) is 9.78 Å². The summed E-state index contributed by atoms with van der Waals surface area (Å²) < 4.78 is 11.0. The first-order valence-corrected chi connectivity index (χ1v) is 10.9. The van der Waals surface area contributed by atoms with Crippen molar-refractivity contribution in [2.45, 2.75) is 13.3 Å². The highest BCUT2D eigenvalue weighted by molar-refractivity contribution is 6.32. The van der Waals surface area contributed by atoms with Gasteiger partial charge in [-0.1, -0.05) is 17.7 Å². The van der Waals surface area contributed by atoms with Gasteiger partial charge >= 0.3 is 6.01 Å². The number of amides is 1. The van der Waals surface area contributed by atoms with Crippen molar-refractivity contribution in [1.82, 2.24) is 25.3 Å².